The van der Waals surface area contributed by atoms with Gasteiger partial charge in [0, 0.05) is 11.1 Å². The van der Waals surface area contributed by atoms with Crippen molar-refractivity contribution in [3.8, 4) is 5.75 Å². The summed E-state index contributed by atoms with van der Waals surface area (Å²) in [6, 6.07) is 18.1. The second kappa shape index (κ2) is 12.1. The topological polar surface area (TPSA) is 123 Å². The molecule has 1 unspecified atom stereocenters. The largest absolute Gasteiger partial charge is 0.508 e. The minimum Gasteiger partial charge on any atom is -0.508 e. The molecular formula is C19H17F9O7S4. The van der Waals surface area contributed by atoms with Crippen LogP contribution in [0.2, 0.25) is 0 Å². The summed E-state index contributed by atoms with van der Waals surface area (Å²) < 4.78 is 167. The van der Waals surface area contributed by atoms with E-state index in [9.17, 15) is 69.9 Å². The molecule has 222 valence electrons. The molecule has 0 amide bonds. The molecule has 0 aliphatic rings. The molecule has 2 rings (SSSR count). The number of phenols is 1. The first-order valence-electron chi connectivity index (χ1n) is 9.57. The van der Waals surface area contributed by atoms with Crippen LogP contribution in [0.4, 0.5) is 39.5 Å². The van der Waals surface area contributed by atoms with E-state index in [0.717, 1.165) is 11.5 Å². The Hall–Kier alpha value is -2.19. The minimum absolute atomic E-state index is 0.340. The van der Waals surface area contributed by atoms with E-state index in [4.69, 9.17) is 0 Å². The molecule has 0 aliphatic carbocycles. The Morgan fingerprint density at radius 3 is 1.23 bits per heavy atom. The van der Waals surface area contributed by atoms with Crippen molar-refractivity contribution in [2.45, 2.75) is 28.0 Å². The summed E-state index contributed by atoms with van der Waals surface area (Å²) in [5, 5.41) is 9.23. The Morgan fingerprint density at radius 1 is 0.615 bits per heavy atom. The molecule has 1 N–H and O–H groups in total. The highest BCUT2D eigenvalue weighted by molar-refractivity contribution is 8.29. The highest BCUT2D eigenvalue weighted by Crippen LogP contribution is 2.47. The summed E-state index contributed by atoms with van der Waals surface area (Å²) in [6.07, 6.45) is 2.29. The molecule has 39 heavy (non-hydrogen) atoms. The predicted molar refractivity (Wildman–Crippen MR) is 123 cm³/mol. The maximum absolute atomic E-state index is 12.0. The number of halogens is 9. The maximum atomic E-state index is 12.0. The lowest BCUT2D eigenvalue weighted by atomic mass is 10.2. The van der Waals surface area contributed by atoms with Crippen LogP contribution in [-0.4, -0.2) is 53.1 Å². The van der Waals surface area contributed by atoms with Gasteiger partial charge in [-0.3, -0.25) is 25.3 Å². The van der Waals surface area contributed by atoms with Crippen LogP contribution in [0.5, 0.6) is 5.75 Å². The number of hydrogen-bond donors (Lipinski definition) is 1. The van der Waals surface area contributed by atoms with Crippen LogP contribution in [-0.2, 0) is 51.9 Å². The normalized spacial score (nSPS) is 14.4. The fourth-order valence-corrected chi connectivity index (χ4v) is 9.86. The fourth-order valence-electron chi connectivity index (χ4n) is 2.50. The summed E-state index contributed by atoms with van der Waals surface area (Å²) in [5.74, 6) is 2.55. The third kappa shape index (κ3) is 8.65. The van der Waals surface area contributed by atoms with E-state index in [1.807, 2.05) is 12.1 Å². The number of benzene rings is 2. The van der Waals surface area contributed by atoms with Crippen LogP contribution < -0.4 is 0 Å². The third-order valence-corrected chi connectivity index (χ3v) is 12.9. The molecular weight excluding hydrogens is 639 g/mol. The number of hydrogen-bond acceptors (Lipinski definition) is 7. The van der Waals surface area contributed by atoms with E-state index >= 15 is 0 Å². The standard InChI is InChI=1S/C15H16OS.C4F9O6S3/c1-17(11-13-5-3-2-4-6-13)12-14-7-9-15(16)10-8-14;5-2(6,7)20(14,15)1(21(16,17)3(8,9)10)22(18,19)4(11,12)13/h2-10H,11-12H2,1H3;/q;-1/p+1. The summed E-state index contributed by atoms with van der Waals surface area (Å²) in [6.45, 7) is 0. The van der Waals surface area contributed by atoms with Crippen molar-refractivity contribution < 1.29 is 69.9 Å². The summed E-state index contributed by atoms with van der Waals surface area (Å²) in [4.78, 5) is 0. The van der Waals surface area contributed by atoms with Crippen molar-refractivity contribution in [1.82, 2.24) is 0 Å². The highest BCUT2D eigenvalue weighted by Gasteiger charge is 2.63. The van der Waals surface area contributed by atoms with Gasteiger partial charge in [-0.05, 0) is 23.0 Å². The Kier molecular flexibility index (Phi) is 10.8. The molecule has 2 aromatic rings. The van der Waals surface area contributed by atoms with Gasteiger partial charge in [-0.15, -0.1) is 0 Å². The zero-order chi connectivity index (χ0) is 30.7. The van der Waals surface area contributed by atoms with Crippen molar-refractivity contribution in [3.63, 3.8) is 0 Å². The van der Waals surface area contributed by atoms with Crippen molar-refractivity contribution in [2.75, 3.05) is 6.26 Å². The van der Waals surface area contributed by atoms with Gasteiger partial charge < -0.3 is 5.11 Å². The molecule has 0 radical (unpaired) electrons. The van der Waals surface area contributed by atoms with Gasteiger partial charge in [0.1, 0.15) is 17.3 Å². The van der Waals surface area contributed by atoms with Gasteiger partial charge >= 0.3 is 16.5 Å². The SMILES string of the molecule is C[S+](Cc1ccccc1)Cc1ccc(O)cc1.O=S(=O)([C-](S(=O)(=O)C(F)(F)F)S(=O)(=O)C(F)(F)F)C(F)(F)F. The molecule has 0 saturated heterocycles. The Balaban J connectivity index is 0.000000400. The van der Waals surface area contributed by atoms with E-state index in [1.54, 1.807) is 12.1 Å². The molecule has 20 heteroatoms. The van der Waals surface area contributed by atoms with Crippen molar-refractivity contribution in [2.24, 2.45) is 0 Å². The van der Waals surface area contributed by atoms with Crippen LogP contribution in [0.25, 0.3) is 0 Å². The van der Waals surface area contributed by atoms with Crippen LogP contribution >= 0.6 is 0 Å². The molecule has 0 aromatic heterocycles. The number of phenolic OH excluding ortho intramolecular Hbond substituents is 1. The molecule has 0 saturated carbocycles. The lowest BCUT2D eigenvalue weighted by Gasteiger charge is -2.31. The van der Waals surface area contributed by atoms with Gasteiger partial charge in [0.2, 0.25) is 0 Å². The van der Waals surface area contributed by atoms with Crippen LogP contribution in [0, 0.1) is 3.91 Å². The first-order valence-corrected chi connectivity index (χ1v) is 16.0. The Morgan fingerprint density at radius 2 is 0.923 bits per heavy atom. The average Bonchev–Trinajstić information content (AvgIpc) is 2.73. The number of aromatic hydroxyl groups is 1. The van der Waals surface area contributed by atoms with Gasteiger partial charge in [-0.1, -0.05) is 42.5 Å². The zero-order valence-corrected chi connectivity index (χ0v) is 22.3. The van der Waals surface area contributed by atoms with Crippen molar-refractivity contribution >= 4 is 40.4 Å². The van der Waals surface area contributed by atoms with E-state index in [-0.39, 0.29) is 0 Å². The molecule has 7 nitrogen and oxygen atoms in total. The van der Waals surface area contributed by atoms with E-state index in [0.29, 0.717) is 16.6 Å². The van der Waals surface area contributed by atoms with Gasteiger partial charge in [-0.25, -0.2) is 0 Å². The minimum atomic E-state index is -8.02. The summed E-state index contributed by atoms with van der Waals surface area (Å²) >= 11 is 0. The molecule has 0 fully saturated rings. The molecule has 0 bridgehead atoms. The molecule has 0 aliphatic heterocycles. The summed E-state index contributed by atoms with van der Waals surface area (Å²) in [7, 11) is -23.7. The van der Waals surface area contributed by atoms with Gasteiger partial charge in [0.25, 0.3) is 0 Å². The predicted octanol–water partition coefficient (Wildman–Crippen LogP) is 4.58. The number of sulfone groups is 3. The first kappa shape index (κ1) is 34.8. The molecule has 1 atom stereocenters. The van der Waals surface area contributed by atoms with Gasteiger partial charge in [0.15, 0.2) is 29.5 Å². The zero-order valence-electron chi connectivity index (χ0n) is 19.0. The highest BCUT2D eigenvalue weighted by atomic mass is 32.3. The number of rotatable bonds is 7. The Labute approximate surface area is 219 Å². The van der Waals surface area contributed by atoms with Crippen LogP contribution in [0.15, 0.2) is 54.6 Å². The van der Waals surface area contributed by atoms with Crippen LogP contribution in [0.3, 0.4) is 0 Å². The van der Waals surface area contributed by atoms with E-state index in [2.05, 4.69) is 36.6 Å². The lowest BCUT2D eigenvalue weighted by Crippen LogP contribution is -2.47. The monoisotopic (exact) mass is 656 g/mol. The van der Waals surface area contributed by atoms with Crippen LogP contribution in [0.1, 0.15) is 11.1 Å². The smallest absolute Gasteiger partial charge is 0.470 e. The van der Waals surface area contributed by atoms with Crippen molar-refractivity contribution in [1.29, 1.82) is 0 Å². The van der Waals surface area contributed by atoms with E-state index in [1.165, 1.54) is 11.1 Å². The third-order valence-electron chi connectivity index (χ3n) is 4.18. The fraction of sp³-hybridized carbons (Fsp3) is 0.316. The molecule has 0 heterocycles. The first-order chi connectivity index (χ1) is 17.4. The summed E-state index contributed by atoms with van der Waals surface area (Å²) in [5.41, 5.74) is -18.5. The second-order valence-corrected chi connectivity index (χ2v) is 15.9. The number of alkyl halides is 9. The average molecular weight is 657 g/mol. The van der Waals surface area contributed by atoms with Gasteiger partial charge in [-0.2, -0.15) is 39.5 Å². The quantitative estimate of drug-likeness (QED) is 0.263. The molecule has 0 spiro atoms. The lowest BCUT2D eigenvalue weighted by molar-refractivity contribution is -0.0471. The van der Waals surface area contributed by atoms with E-state index < -0.39 is 50.0 Å². The molecule has 2 aromatic carbocycles. The van der Waals surface area contributed by atoms with Gasteiger partial charge in [0.05, 0.1) is 10.2 Å². The Bertz CT molecular complexity index is 1310. The maximum Gasteiger partial charge on any atom is 0.470 e. The second-order valence-electron chi connectivity index (χ2n) is 7.32. The van der Waals surface area contributed by atoms with Crippen molar-refractivity contribution in [3.05, 3.63) is 69.6 Å².